The molecule has 0 spiro atoms. The average Bonchev–Trinajstić information content (AvgIpc) is 2.66. The van der Waals surface area contributed by atoms with Gasteiger partial charge in [-0.1, -0.05) is 31.5 Å². The molecule has 0 amide bonds. The van der Waals surface area contributed by atoms with Gasteiger partial charge in [0.25, 0.3) is 0 Å². The van der Waals surface area contributed by atoms with Crippen LogP contribution in [-0.4, -0.2) is 27.3 Å². The van der Waals surface area contributed by atoms with E-state index in [1.807, 2.05) is 18.2 Å². The summed E-state index contributed by atoms with van der Waals surface area (Å²) in [7, 11) is -3.07. The minimum absolute atomic E-state index is 0.162. The molecule has 1 fully saturated rings. The number of nitrogens with one attached hydrogen (secondary N) is 1. The van der Waals surface area contributed by atoms with E-state index in [1.54, 1.807) is 6.07 Å². The number of hydrogen-bond acceptors (Lipinski definition) is 3. The van der Waals surface area contributed by atoms with Crippen LogP contribution in [0.3, 0.4) is 0 Å². The lowest BCUT2D eigenvalue weighted by Gasteiger charge is -2.47. The minimum Gasteiger partial charge on any atom is -0.316 e. The van der Waals surface area contributed by atoms with E-state index in [0.29, 0.717) is 10.6 Å². The van der Waals surface area contributed by atoms with Gasteiger partial charge in [-0.2, -0.15) is 0 Å². The normalized spacial score (nSPS) is 25.9. The van der Waals surface area contributed by atoms with Gasteiger partial charge in [0.05, 0.1) is 10.6 Å². The van der Waals surface area contributed by atoms with Crippen LogP contribution in [0.25, 0.3) is 0 Å². The summed E-state index contributed by atoms with van der Waals surface area (Å²) in [5.41, 5.74) is 1.22. The summed E-state index contributed by atoms with van der Waals surface area (Å²) in [6.45, 7) is 4.13. The first kappa shape index (κ1) is 14.1. The molecule has 1 atom stereocenters. The van der Waals surface area contributed by atoms with Crippen molar-refractivity contribution in [2.45, 2.75) is 43.4 Å². The van der Waals surface area contributed by atoms with Crippen LogP contribution in [0.1, 0.15) is 44.1 Å². The third kappa shape index (κ3) is 2.19. The van der Waals surface area contributed by atoms with Crippen molar-refractivity contribution in [1.82, 2.24) is 5.32 Å². The molecule has 3 rings (SSSR count). The first-order valence-electron chi connectivity index (χ1n) is 7.61. The fourth-order valence-corrected chi connectivity index (χ4v) is 5.76. The largest absolute Gasteiger partial charge is 0.316 e. The fourth-order valence-electron chi connectivity index (χ4n) is 3.75. The summed E-state index contributed by atoms with van der Waals surface area (Å²) in [4.78, 5) is 0.576. The number of hydrogen-bond donors (Lipinski definition) is 1. The third-order valence-corrected chi connectivity index (χ3v) is 6.82. The molecule has 1 saturated carbocycles. The lowest BCUT2D eigenvalue weighted by Crippen LogP contribution is -2.45. The van der Waals surface area contributed by atoms with Gasteiger partial charge in [0, 0.05) is 12.5 Å². The molecule has 1 aliphatic carbocycles. The predicted octanol–water partition coefficient (Wildman–Crippen LogP) is 2.73. The summed E-state index contributed by atoms with van der Waals surface area (Å²) in [6, 6.07) is 7.60. The van der Waals surface area contributed by atoms with Gasteiger partial charge in [-0.25, -0.2) is 8.42 Å². The van der Waals surface area contributed by atoms with Crippen LogP contribution in [-0.2, 0) is 9.84 Å². The summed E-state index contributed by atoms with van der Waals surface area (Å²) >= 11 is 0. The van der Waals surface area contributed by atoms with E-state index >= 15 is 0 Å². The predicted molar refractivity (Wildman–Crippen MR) is 80.7 cm³/mol. The molecule has 1 aromatic rings. The molecule has 3 nitrogen and oxygen atoms in total. The summed E-state index contributed by atoms with van der Waals surface area (Å²) < 4.78 is 24.7. The van der Waals surface area contributed by atoms with Crippen LogP contribution in [0, 0.1) is 5.41 Å². The number of sulfone groups is 1. The molecule has 2 aliphatic rings. The zero-order chi connectivity index (χ0) is 14.2. The second-order valence-corrected chi connectivity index (χ2v) is 8.27. The van der Waals surface area contributed by atoms with E-state index in [2.05, 4.69) is 12.2 Å². The maximum atomic E-state index is 12.4. The highest BCUT2D eigenvalue weighted by Gasteiger charge is 2.50. The van der Waals surface area contributed by atoms with Crippen LogP contribution in [0.15, 0.2) is 29.2 Å². The SMILES string of the molecule is CCCNCC1(C2CS(=O)(=O)c3ccccc32)CCC1. The Balaban J connectivity index is 1.91. The molecule has 110 valence electrons. The quantitative estimate of drug-likeness (QED) is 0.849. The van der Waals surface area contributed by atoms with E-state index < -0.39 is 9.84 Å². The van der Waals surface area contributed by atoms with Gasteiger partial charge in [0.1, 0.15) is 0 Å². The van der Waals surface area contributed by atoms with E-state index in [1.165, 1.54) is 6.42 Å². The van der Waals surface area contributed by atoms with Crippen molar-refractivity contribution in [2.75, 3.05) is 18.8 Å². The Labute approximate surface area is 121 Å². The van der Waals surface area contributed by atoms with Gasteiger partial charge in [-0.15, -0.1) is 0 Å². The van der Waals surface area contributed by atoms with Crippen molar-refractivity contribution in [2.24, 2.45) is 5.41 Å². The van der Waals surface area contributed by atoms with Crippen LogP contribution in [0.4, 0.5) is 0 Å². The van der Waals surface area contributed by atoms with Crippen molar-refractivity contribution >= 4 is 9.84 Å². The molecule has 0 bridgehead atoms. The molecule has 0 aromatic heterocycles. The van der Waals surface area contributed by atoms with Gasteiger partial charge < -0.3 is 5.32 Å². The van der Waals surface area contributed by atoms with Crippen LogP contribution in [0.5, 0.6) is 0 Å². The highest BCUT2D eigenvalue weighted by molar-refractivity contribution is 7.91. The Morgan fingerprint density at radius 2 is 2.05 bits per heavy atom. The number of fused-ring (bicyclic) bond motifs is 1. The summed E-state index contributed by atoms with van der Waals surface area (Å²) in [5, 5.41) is 3.52. The topological polar surface area (TPSA) is 46.2 Å². The highest BCUT2D eigenvalue weighted by atomic mass is 32.2. The Hall–Kier alpha value is -0.870. The highest BCUT2D eigenvalue weighted by Crippen LogP contribution is 2.55. The first-order chi connectivity index (χ1) is 9.59. The molecule has 0 saturated heterocycles. The molecule has 0 radical (unpaired) electrons. The summed E-state index contributed by atoms with van der Waals surface area (Å²) in [5.74, 6) is 0.488. The Bertz CT molecular complexity index is 590. The van der Waals surface area contributed by atoms with Gasteiger partial charge in [-0.3, -0.25) is 0 Å². The first-order valence-corrected chi connectivity index (χ1v) is 9.27. The second kappa shape index (κ2) is 5.15. The van der Waals surface area contributed by atoms with E-state index in [4.69, 9.17) is 0 Å². The summed E-state index contributed by atoms with van der Waals surface area (Å²) in [6.07, 6.45) is 4.65. The van der Waals surface area contributed by atoms with Crippen molar-refractivity contribution in [3.05, 3.63) is 29.8 Å². The third-order valence-electron chi connectivity index (χ3n) is 5.01. The fraction of sp³-hybridized carbons (Fsp3) is 0.625. The molecule has 1 aromatic carbocycles. The lowest BCUT2D eigenvalue weighted by atomic mass is 9.60. The number of rotatable bonds is 5. The Kier molecular flexibility index (Phi) is 3.63. The van der Waals surface area contributed by atoms with Crippen LogP contribution >= 0.6 is 0 Å². The molecule has 1 heterocycles. The van der Waals surface area contributed by atoms with Gasteiger partial charge in [-0.05, 0) is 42.9 Å². The van der Waals surface area contributed by atoms with Gasteiger partial charge in [0.15, 0.2) is 9.84 Å². The van der Waals surface area contributed by atoms with E-state index in [0.717, 1.165) is 37.9 Å². The molecule has 20 heavy (non-hydrogen) atoms. The molecule has 1 N–H and O–H groups in total. The second-order valence-electron chi connectivity index (χ2n) is 6.26. The lowest BCUT2D eigenvalue weighted by molar-refractivity contribution is 0.0997. The smallest absolute Gasteiger partial charge is 0.179 e. The molecule has 1 aliphatic heterocycles. The maximum absolute atomic E-state index is 12.4. The van der Waals surface area contributed by atoms with Crippen LogP contribution in [0.2, 0.25) is 0 Å². The monoisotopic (exact) mass is 293 g/mol. The van der Waals surface area contributed by atoms with Crippen molar-refractivity contribution < 1.29 is 8.42 Å². The van der Waals surface area contributed by atoms with Crippen molar-refractivity contribution in [3.63, 3.8) is 0 Å². The van der Waals surface area contributed by atoms with Crippen molar-refractivity contribution in [1.29, 1.82) is 0 Å². The molecular weight excluding hydrogens is 270 g/mol. The molecule has 1 unspecified atom stereocenters. The molecular formula is C16H23NO2S. The zero-order valence-corrected chi connectivity index (χ0v) is 12.9. The Morgan fingerprint density at radius 3 is 2.70 bits per heavy atom. The maximum Gasteiger partial charge on any atom is 0.179 e. The van der Waals surface area contributed by atoms with Crippen LogP contribution < -0.4 is 5.32 Å². The minimum atomic E-state index is -3.07. The van der Waals surface area contributed by atoms with E-state index in [9.17, 15) is 8.42 Å². The van der Waals surface area contributed by atoms with Gasteiger partial charge in [0.2, 0.25) is 0 Å². The molecule has 4 heteroatoms. The standard InChI is InChI=1S/C16H23NO2S/c1-2-10-17-12-16(8-5-9-16)14-11-20(18,19)15-7-4-3-6-13(14)15/h3-4,6-7,14,17H,2,5,8-12H2,1H3. The van der Waals surface area contributed by atoms with E-state index in [-0.39, 0.29) is 11.3 Å². The Morgan fingerprint density at radius 1 is 1.30 bits per heavy atom. The zero-order valence-electron chi connectivity index (χ0n) is 12.1. The van der Waals surface area contributed by atoms with Gasteiger partial charge >= 0.3 is 0 Å². The van der Waals surface area contributed by atoms with Crippen molar-refractivity contribution in [3.8, 4) is 0 Å². The average molecular weight is 293 g/mol. The number of benzene rings is 1.